The third kappa shape index (κ3) is 11.0. The Morgan fingerprint density at radius 2 is 1.77 bits per heavy atom. The quantitative estimate of drug-likeness (QED) is 0.675. The lowest BCUT2D eigenvalue weighted by Crippen LogP contribution is -2.42. The van der Waals surface area contributed by atoms with E-state index in [0.29, 0.717) is 6.04 Å². The highest BCUT2D eigenvalue weighted by Gasteiger charge is 2.27. The van der Waals surface area contributed by atoms with Crippen molar-refractivity contribution < 1.29 is 4.79 Å². The van der Waals surface area contributed by atoms with Crippen LogP contribution >= 0.6 is 0 Å². The third-order valence-corrected chi connectivity index (χ3v) is 3.81. The fourth-order valence-corrected chi connectivity index (χ4v) is 2.55. The highest BCUT2D eigenvalue weighted by Crippen LogP contribution is 2.15. The SMILES string of the molecule is CC.CC.CCCCCN(C)CCC1CCC(C(=O)NC)N1. The summed E-state index contributed by atoms with van der Waals surface area (Å²) in [5.74, 6) is 0.133. The molecule has 2 N–H and O–H groups in total. The smallest absolute Gasteiger partial charge is 0.236 e. The first-order valence-corrected chi connectivity index (χ1v) is 9.33. The van der Waals surface area contributed by atoms with Gasteiger partial charge in [0.25, 0.3) is 0 Å². The molecule has 0 radical (unpaired) electrons. The minimum absolute atomic E-state index is 0.0328. The number of hydrogen-bond donors (Lipinski definition) is 2. The minimum atomic E-state index is 0.0328. The molecule has 0 aromatic rings. The monoisotopic (exact) mass is 315 g/mol. The van der Waals surface area contributed by atoms with Gasteiger partial charge < -0.3 is 15.5 Å². The molecular weight excluding hydrogens is 274 g/mol. The first-order chi connectivity index (χ1) is 10.7. The molecule has 2 atom stereocenters. The van der Waals surface area contributed by atoms with Crippen LogP contribution in [0, 0.1) is 0 Å². The molecule has 1 fully saturated rings. The van der Waals surface area contributed by atoms with Gasteiger partial charge >= 0.3 is 0 Å². The Morgan fingerprint density at radius 1 is 1.14 bits per heavy atom. The van der Waals surface area contributed by atoms with Gasteiger partial charge in [-0.15, -0.1) is 0 Å². The highest BCUT2D eigenvalue weighted by molar-refractivity contribution is 5.81. The number of carbonyl (C=O) groups is 1. The molecule has 4 heteroatoms. The van der Waals surface area contributed by atoms with Gasteiger partial charge in [-0.25, -0.2) is 0 Å². The maximum Gasteiger partial charge on any atom is 0.236 e. The van der Waals surface area contributed by atoms with E-state index in [1.54, 1.807) is 7.05 Å². The van der Waals surface area contributed by atoms with Crippen molar-refractivity contribution in [3.63, 3.8) is 0 Å². The van der Waals surface area contributed by atoms with E-state index in [9.17, 15) is 4.79 Å². The molecule has 1 heterocycles. The van der Waals surface area contributed by atoms with Crippen LogP contribution in [0.4, 0.5) is 0 Å². The lowest BCUT2D eigenvalue weighted by atomic mass is 10.1. The summed E-state index contributed by atoms with van der Waals surface area (Å²) in [5, 5.41) is 6.14. The van der Waals surface area contributed by atoms with E-state index in [1.165, 1.54) is 25.8 Å². The van der Waals surface area contributed by atoms with Gasteiger partial charge in [-0.05, 0) is 45.8 Å². The Kier molecular flexibility index (Phi) is 18.0. The molecule has 4 nitrogen and oxygen atoms in total. The maximum absolute atomic E-state index is 11.5. The molecule has 134 valence electrons. The number of unbranched alkanes of at least 4 members (excludes halogenated alkanes) is 2. The summed E-state index contributed by atoms with van der Waals surface area (Å²) in [6.07, 6.45) is 7.16. The van der Waals surface area contributed by atoms with Crippen LogP contribution < -0.4 is 10.6 Å². The summed E-state index contributed by atoms with van der Waals surface area (Å²) in [4.78, 5) is 13.9. The second kappa shape index (κ2) is 16.8. The van der Waals surface area contributed by atoms with Crippen molar-refractivity contribution in [1.29, 1.82) is 0 Å². The molecule has 0 aliphatic carbocycles. The summed E-state index contributed by atoms with van der Waals surface area (Å²) in [7, 11) is 3.90. The first-order valence-electron chi connectivity index (χ1n) is 9.33. The van der Waals surface area contributed by atoms with Crippen molar-refractivity contribution in [2.24, 2.45) is 0 Å². The standard InChI is InChI=1S/C14H29N3O.2C2H6/c1-4-5-6-10-17(3)11-9-12-7-8-13(16-12)14(18)15-2;2*1-2/h12-13,16H,4-11H2,1-3H3,(H,15,18);2*1-2H3. The highest BCUT2D eigenvalue weighted by atomic mass is 16.2. The summed E-state index contributed by atoms with van der Waals surface area (Å²) >= 11 is 0. The predicted molar refractivity (Wildman–Crippen MR) is 98.3 cm³/mol. The fraction of sp³-hybridized carbons (Fsp3) is 0.944. The topological polar surface area (TPSA) is 44.4 Å². The Hall–Kier alpha value is -0.610. The van der Waals surface area contributed by atoms with Gasteiger partial charge in [0.1, 0.15) is 0 Å². The van der Waals surface area contributed by atoms with Crippen LogP contribution in [-0.2, 0) is 4.79 Å². The van der Waals surface area contributed by atoms with Crippen LogP contribution in [0.1, 0.15) is 73.1 Å². The number of hydrogen-bond acceptors (Lipinski definition) is 3. The van der Waals surface area contributed by atoms with Gasteiger partial charge in [0.05, 0.1) is 6.04 Å². The zero-order valence-electron chi connectivity index (χ0n) is 16.2. The zero-order valence-corrected chi connectivity index (χ0v) is 16.2. The number of carbonyl (C=O) groups excluding carboxylic acids is 1. The van der Waals surface area contributed by atoms with Crippen molar-refractivity contribution in [3.05, 3.63) is 0 Å². The molecule has 22 heavy (non-hydrogen) atoms. The summed E-state index contributed by atoms with van der Waals surface area (Å²) in [6, 6.07) is 0.548. The predicted octanol–water partition coefficient (Wildman–Crippen LogP) is 3.42. The number of rotatable bonds is 8. The lowest BCUT2D eigenvalue weighted by molar-refractivity contribution is -0.122. The van der Waals surface area contributed by atoms with E-state index in [4.69, 9.17) is 0 Å². The van der Waals surface area contributed by atoms with E-state index in [0.717, 1.165) is 25.8 Å². The summed E-state index contributed by atoms with van der Waals surface area (Å²) in [6.45, 7) is 12.6. The van der Waals surface area contributed by atoms with Crippen molar-refractivity contribution in [2.75, 3.05) is 27.2 Å². The molecule has 1 aliphatic rings. The normalized spacial score (nSPS) is 19.8. The van der Waals surface area contributed by atoms with Gasteiger partial charge in [0.15, 0.2) is 0 Å². The van der Waals surface area contributed by atoms with Crippen LogP contribution in [0.15, 0.2) is 0 Å². The number of likely N-dealkylation sites (N-methyl/N-ethyl adjacent to an activating group) is 1. The van der Waals surface area contributed by atoms with Crippen molar-refractivity contribution >= 4 is 5.91 Å². The van der Waals surface area contributed by atoms with Gasteiger partial charge in [-0.1, -0.05) is 47.5 Å². The molecule has 1 aliphatic heterocycles. The molecule has 0 aromatic carbocycles. The Labute approximate surface area is 139 Å². The van der Waals surface area contributed by atoms with Crippen LogP contribution in [0.2, 0.25) is 0 Å². The molecule has 0 aromatic heterocycles. The second-order valence-electron chi connectivity index (χ2n) is 5.41. The Balaban J connectivity index is 0. The summed E-state index contributed by atoms with van der Waals surface area (Å²) < 4.78 is 0. The van der Waals surface area contributed by atoms with Gasteiger partial charge in [0, 0.05) is 13.1 Å². The molecule has 0 spiro atoms. The Bertz CT molecular complexity index is 246. The number of amides is 1. The maximum atomic E-state index is 11.5. The van der Waals surface area contributed by atoms with Gasteiger partial charge in [-0.3, -0.25) is 4.79 Å². The molecule has 2 unspecified atom stereocenters. The minimum Gasteiger partial charge on any atom is -0.358 e. The zero-order chi connectivity index (χ0) is 17.4. The average Bonchev–Trinajstić information content (AvgIpc) is 3.05. The van der Waals surface area contributed by atoms with E-state index in [2.05, 4.69) is 29.5 Å². The molecule has 0 bridgehead atoms. The van der Waals surface area contributed by atoms with E-state index in [-0.39, 0.29) is 11.9 Å². The molecule has 1 saturated heterocycles. The molecular formula is C18H41N3O. The van der Waals surface area contributed by atoms with Crippen LogP contribution in [0.3, 0.4) is 0 Å². The van der Waals surface area contributed by atoms with Crippen LogP contribution in [-0.4, -0.2) is 50.1 Å². The molecule has 1 amide bonds. The van der Waals surface area contributed by atoms with E-state index < -0.39 is 0 Å². The van der Waals surface area contributed by atoms with Crippen molar-refractivity contribution in [1.82, 2.24) is 15.5 Å². The summed E-state index contributed by atoms with van der Waals surface area (Å²) in [5.41, 5.74) is 0. The third-order valence-electron chi connectivity index (χ3n) is 3.81. The van der Waals surface area contributed by atoms with Gasteiger partial charge in [-0.2, -0.15) is 0 Å². The van der Waals surface area contributed by atoms with Crippen LogP contribution in [0.25, 0.3) is 0 Å². The van der Waals surface area contributed by atoms with Crippen molar-refractivity contribution in [2.45, 2.75) is 85.2 Å². The van der Waals surface area contributed by atoms with Gasteiger partial charge in [0.2, 0.25) is 5.91 Å². The fourth-order valence-electron chi connectivity index (χ4n) is 2.55. The number of nitrogens with zero attached hydrogens (tertiary/aromatic N) is 1. The van der Waals surface area contributed by atoms with Crippen molar-refractivity contribution in [3.8, 4) is 0 Å². The largest absolute Gasteiger partial charge is 0.358 e. The van der Waals surface area contributed by atoms with E-state index in [1.807, 2.05) is 27.7 Å². The van der Waals surface area contributed by atoms with Crippen LogP contribution in [0.5, 0.6) is 0 Å². The second-order valence-corrected chi connectivity index (χ2v) is 5.41. The first kappa shape index (κ1) is 23.7. The average molecular weight is 316 g/mol. The number of nitrogens with one attached hydrogen (secondary N) is 2. The van der Waals surface area contributed by atoms with E-state index >= 15 is 0 Å². The Morgan fingerprint density at radius 3 is 2.32 bits per heavy atom. The molecule has 1 rings (SSSR count). The lowest BCUT2D eigenvalue weighted by Gasteiger charge is -2.19. The molecule has 0 saturated carbocycles.